The lowest BCUT2D eigenvalue weighted by molar-refractivity contribution is -0.124. The Hall–Kier alpha value is -1.30. The highest BCUT2D eigenvalue weighted by atomic mass is 35.5. The summed E-state index contributed by atoms with van der Waals surface area (Å²) < 4.78 is 0. The van der Waals surface area contributed by atoms with E-state index in [1.807, 2.05) is 0 Å². The van der Waals surface area contributed by atoms with Crippen molar-refractivity contribution in [2.45, 2.75) is 38.6 Å². The Labute approximate surface area is 171 Å². The van der Waals surface area contributed by atoms with Crippen LogP contribution in [0.25, 0.3) is 0 Å². The molecule has 0 spiro atoms. The van der Waals surface area contributed by atoms with E-state index in [1.165, 1.54) is 12.8 Å². The highest BCUT2D eigenvalue weighted by Crippen LogP contribution is 2.24. The van der Waals surface area contributed by atoms with Crippen LogP contribution in [0, 0.1) is 5.92 Å². The van der Waals surface area contributed by atoms with Crippen molar-refractivity contribution in [3.05, 3.63) is 33.8 Å². The molecule has 1 N–H and O–H groups in total. The molecular formula is C20H27Cl2N3O2. The molecule has 2 fully saturated rings. The van der Waals surface area contributed by atoms with Crippen molar-refractivity contribution >= 4 is 35.0 Å². The van der Waals surface area contributed by atoms with Crippen LogP contribution in [0.1, 0.15) is 43.0 Å². The Balaban J connectivity index is 1.55. The third kappa shape index (κ3) is 5.37. The van der Waals surface area contributed by atoms with Crippen LogP contribution in [0.5, 0.6) is 0 Å². The highest BCUT2D eigenvalue weighted by molar-refractivity contribution is 6.35. The van der Waals surface area contributed by atoms with Gasteiger partial charge in [-0.1, -0.05) is 30.1 Å². The van der Waals surface area contributed by atoms with E-state index in [-0.39, 0.29) is 11.8 Å². The zero-order valence-electron chi connectivity index (χ0n) is 15.7. The van der Waals surface area contributed by atoms with Crippen LogP contribution in [-0.4, -0.2) is 60.4 Å². The number of carbonyl (C=O) groups is 2. The molecule has 0 aliphatic carbocycles. The quantitative estimate of drug-likeness (QED) is 0.806. The van der Waals surface area contributed by atoms with E-state index >= 15 is 0 Å². The first-order valence-electron chi connectivity index (χ1n) is 9.71. The lowest BCUT2D eigenvalue weighted by Gasteiger charge is -2.31. The minimum absolute atomic E-state index is 0.0703. The fraction of sp³-hybridized carbons (Fsp3) is 0.600. The molecule has 5 nitrogen and oxygen atoms in total. The second-order valence-electron chi connectivity index (χ2n) is 7.65. The topological polar surface area (TPSA) is 52.7 Å². The van der Waals surface area contributed by atoms with E-state index in [1.54, 1.807) is 23.1 Å². The van der Waals surface area contributed by atoms with Gasteiger partial charge >= 0.3 is 0 Å². The number of rotatable bonds is 5. The molecular weight excluding hydrogens is 385 g/mol. The summed E-state index contributed by atoms with van der Waals surface area (Å²) in [5.74, 6) is 0.461. The summed E-state index contributed by atoms with van der Waals surface area (Å²) in [7, 11) is 0. The Morgan fingerprint density at radius 3 is 2.52 bits per heavy atom. The minimum atomic E-state index is -0.421. The first-order chi connectivity index (χ1) is 12.9. The van der Waals surface area contributed by atoms with E-state index in [0.29, 0.717) is 35.1 Å². The lowest BCUT2D eigenvalue weighted by Crippen LogP contribution is -2.48. The smallest absolute Gasteiger partial charge is 0.254 e. The fourth-order valence-corrected chi connectivity index (χ4v) is 4.60. The average Bonchev–Trinajstić information content (AvgIpc) is 3.10. The molecule has 2 aliphatic heterocycles. The monoisotopic (exact) mass is 411 g/mol. The predicted molar refractivity (Wildman–Crippen MR) is 108 cm³/mol. The van der Waals surface area contributed by atoms with Gasteiger partial charge < -0.3 is 15.1 Å². The first kappa shape index (κ1) is 20.4. The summed E-state index contributed by atoms with van der Waals surface area (Å²) in [5, 5.41) is 3.86. The normalized spacial score (nSPS) is 23.4. The second kappa shape index (κ2) is 9.26. The molecule has 2 amide bonds. The summed E-state index contributed by atoms with van der Waals surface area (Å²) in [6.07, 6.45) is 4.02. The SMILES string of the molecule is CC1CCCN(CCNC(=O)C2CCCN2C(=O)c2cc(Cl)cc(Cl)c2)C1. The summed E-state index contributed by atoms with van der Waals surface area (Å²) in [6, 6.07) is 4.37. The van der Waals surface area contributed by atoms with Crippen LogP contribution in [0.2, 0.25) is 10.0 Å². The van der Waals surface area contributed by atoms with Gasteiger partial charge in [0.1, 0.15) is 6.04 Å². The maximum absolute atomic E-state index is 12.8. The molecule has 7 heteroatoms. The van der Waals surface area contributed by atoms with Crippen molar-refractivity contribution in [3.63, 3.8) is 0 Å². The molecule has 1 aromatic rings. The maximum Gasteiger partial charge on any atom is 0.254 e. The largest absolute Gasteiger partial charge is 0.353 e. The predicted octanol–water partition coefficient (Wildman–Crippen LogP) is 3.45. The van der Waals surface area contributed by atoms with Crippen molar-refractivity contribution in [1.29, 1.82) is 0 Å². The van der Waals surface area contributed by atoms with Gasteiger partial charge in [0.2, 0.25) is 5.91 Å². The van der Waals surface area contributed by atoms with Gasteiger partial charge in [0.25, 0.3) is 5.91 Å². The number of carbonyl (C=O) groups excluding carboxylic acids is 2. The van der Waals surface area contributed by atoms with E-state index < -0.39 is 6.04 Å². The van der Waals surface area contributed by atoms with Gasteiger partial charge in [-0.05, 0) is 56.3 Å². The molecule has 0 aromatic heterocycles. The van der Waals surface area contributed by atoms with Crippen LogP contribution in [0.4, 0.5) is 0 Å². The highest BCUT2D eigenvalue weighted by Gasteiger charge is 2.34. The van der Waals surface area contributed by atoms with Gasteiger partial charge in [0, 0.05) is 41.8 Å². The molecule has 3 rings (SSSR count). The van der Waals surface area contributed by atoms with Crippen LogP contribution >= 0.6 is 23.2 Å². The van der Waals surface area contributed by atoms with E-state index in [9.17, 15) is 9.59 Å². The number of halogens is 2. The van der Waals surface area contributed by atoms with Gasteiger partial charge in [-0.25, -0.2) is 0 Å². The number of piperidine rings is 1. The van der Waals surface area contributed by atoms with Gasteiger partial charge in [0.15, 0.2) is 0 Å². The molecule has 2 unspecified atom stereocenters. The van der Waals surface area contributed by atoms with Crippen molar-refractivity contribution < 1.29 is 9.59 Å². The van der Waals surface area contributed by atoms with E-state index in [0.717, 1.165) is 32.0 Å². The number of hydrogen-bond acceptors (Lipinski definition) is 3. The Morgan fingerprint density at radius 1 is 1.11 bits per heavy atom. The van der Waals surface area contributed by atoms with Crippen LogP contribution in [-0.2, 0) is 4.79 Å². The Morgan fingerprint density at radius 2 is 1.81 bits per heavy atom. The van der Waals surface area contributed by atoms with Crippen molar-refractivity contribution in [1.82, 2.24) is 15.1 Å². The van der Waals surface area contributed by atoms with Crippen LogP contribution in [0.3, 0.4) is 0 Å². The number of amides is 2. The van der Waals surface area contributed by atoms with Gasteiger partial charge in [-0.15, -0.1) is 0 Å². The van der Waals surface area contributed by atoms with Crippen molar-refractivity contribution in [2.24, 2.45) is 5.92 Å². The van der Waals surface area contributed by atoms with Crippen molar-refractivity contribution in [2.75, 3.05) is 32.7 Å². The molecule has 0 saturated carbocycles. The number of hydrogen-bond donors (Lipinski definition) is 1. The molecule has 2 aliphatic rings. The second-order valence-corrected chi connectivity index (χ2v) is 8.53. The fourth-order valence-electron chi connectivity index (χ4n) is 4.07. The standard InChI is InChI=1S/C20H27Cl2N3O2/c1-14-4-2-7-24(13-14)9-6-23-19(26)18-5-3-8-25(18)20(27)15-10-16(21)12-17(22)11-15/h10-12,14,18H,2-9,13H2,1H3,(H,23,26). The number of nitrogens with zero attached hydrogens (tertiary/aromatic N) is 2. The molecule has 0 radical (unpaired) electrons. The Bertz CT molecular complexity index is 678. The number of likely N-dealkylation sites (tertiary alicyclic amines) is 2. The zero-order chi connectivity index (χ0) is 19.4. The summed E-state index contributed by atoms with van der Waals surface area (Å²) >= 11 is 12.0. The summed E-state index contributed by atoms with van der Waals surface area (Å²) in [4.78, 5) is 29.5. The molecule has 0 bridgehead atoms. The van der Waals surface area contributed by atoms with E-state index in [2.05, 4.69) is 17.1 Å². The third-order valence-electron chi connectivity index (χ3n) is 5.39. The molecule has 2 saturated heterocycles. The van der Waals surface area contributed by atoms with Gasteiger partial charge in [-0.2, -0.15) is 0 Å². The van der Waals surface area contributed by atoms with E-state index in [4.69, 9.17) is 23.2 Å². The number of benzene rings is 1. The molecule has 27 heavy (non-hydrogen) atoms. The minimum Gasteiger partial charge on any atom is -0.353 e. The lowest BCUT2D eigenvalue weighted by atomic mass is 10.0. The van der Waals surface area contributed by atoms with Gasteiger partial charge in [-0.3, -0.25) is 9.59 Å². The van der Waals surface area contributed by atoms with Gasteiger partial charge in [0.05, 0.1) is 0 Å². The zero-order valence-corrected chi connectivity index (χ0v) is 17.2. The Kier molecular flexibility index (Phi) is 7.01. The summed E-state index contributed by atoms with van der Waals surface area (Å²) in [6.45, 7) is 6.52. The molecule has 2 heterocycles. The number of nitrogens with one attached hydrogen (secondary N) is 1. The average molecular weight is 412 g/mol. The molecule has 148 valence electrons. The van der Waals surface area contributed by atoms with Crippen molar-refractivity contribution in [3.8, 4) is 0 Å². The first-order valence-corrected chi connectivity index (χ1v) is 10.5. The molecule has 2 atom stereocenters. The van der Waals surface area contributed by atoms with Crippen LogP contribution in [0.15, 0.2) is 18.2 Å². The van der Waals surface area contributed by atoms with Crippen LogP contribution < -0.4 is 5.32 Å². The third-order valence-corrected chi connectivity index (χ3v) is 5.83. The maximum atomic E-state index is 12.8. The summed E-state index contributed by atoms with van der Waals surface area (Å²) in [5.41, 5.74) is 0.425. The molecule has 1 aromatic carbocycles.